The Labute approximate surface area is 168 Å². The largest absolute Gasteiger partial charge is 0.351 e. The van der Waals surface area contributed by atoms with Gasteiger partial charge in [0.15, 0.2) is 5.16 Å². The summed E-state index contributed by atoms with van der Waals surface area (Å²) in [6, 6.07) is 17.6. The van der Waals surface area contributed by atoms with E-state index in [9.17, 15) is 4.79 Å². The van der Waals surface area contributed by atoms with E-state index in [1.165, 1.54) is 11.8 Å². The Hall–Kier alpha value is -2.31. The monoisotopic (exact) mass is 400 g/mol. The van der Waals surface area contributed by atoms with Gasteiger partial charge >= 0.3 is 0 Å². The van der Waals surface area contributed by atoms with Crippen molar-refractivity contribution in [3.05, 3.63) is 76.6 Å². The van der Waals surface area contributed by atoms with Crippen LogP contribution in [0.1, 0.15) is 23.9 Å². The lowest BCUT2D eigenvalue weighted by atomic mass is 10.1. The molecule has 0 bridgehead atoms. The number of nitrogens with one attached hydrogen (secondary N) is 1. The third kappa shape index (κ3) is 5.58. The highest BCUT2D eigenvalue weighted by Gasteiger charge is 2.13. The minimum Gasteiger partial charge on any atom is -0.351 e. The summed E-state index contributed by atoms with van der Waals surface area (Å²) >= 11 is 7.34. The van der Waals surface area contributed by atoms with E-state index in [-0.39, 0.29) is 5.91 Å². The SMILES string of the molecule is CCn1c(Cc2ccc(Cl)cc2)nnc1SCC(=O)NCc1ccccc1. The first-order valence-corrected chi connectivity index (χ1v) is 10.1. The predicted molar refractivity (Wildman–Crippen MR) is 109 cm³/mol. The van der Waals surface area contributed by atoms with Crippen LogP contribution in [0.3, 0.4) is 0 Å². The quantitative estimate of drug-likeness (QED) is 0.581. The molecule has 2 aromatic carbocycles. The molecular weight excluding hydrogens is 380 g/mol. The Morgan fingerprint density at radius 3 is 2.52 bits per heavy atom. The van der Waals surface area contributed by atoms with Gasteiger partial charge in [-0.25, -0.2) is 0 Å². The fraction of sp³-hybridized carbons (Fsp3) is 0.250. The van der Waals surface area contributed by atoms with Crippen molar-refractivity contribution in [2.45, 2.75) is 31.6 Å². The van der Waals surface area contributed by atoms with Crippen molar-refractivity contribution >= 4 is 29.3 Å². The molecule has 0 fully saturated rings. The van der Waals surface area contributed by atoms with E-state index in [4.69, 9.17) is 11.6 Å². The van der Waals surface area contributed by atoms with Crippen LogP contribution in [0, 0.1) is 0 Å². The van der Waals surface area contributed by atoms with Crippen molar-refractivity contribution in [2.75, 3.05) is 5.75 Å². The number of nitrogens with zero attached hydrogens (tertiary/aromatic N) is 3. The number of hydrogen-bond donors (Lipinski definition) is 1. The first-order valence-electron chi connectivity index (χ1n) is 8.75. The van der Waals surface area contributed by atoms with E-state index in [1.54, 1.807) is 0 Å². The molecule has 7 heteroatoms. The van der Waals surface area contributed by atoms with Gasteiger partial charge in [0.1, 0.15) is 5.82 Å². The summed E-state index contributed by atoms with van der Waals surface area (Å²) in [4.78, 5) is 12.1. The average molecular weight is 401 g/mol. The van der Waals surface area contributed by atoms with Gasteiger partial charge in [-0.2, -0.15) is 0 Å². The third-order valence-electron chi connectivity index (χ3n) is 4.05. The van der Waals surface area contributed by atoms with Crippen LogP contribution < -0.4 is 5.32 Å². The number of halogens is 1. The van der Waals surface area contributed by atoms with Crippen LogP contribution in [0.15, 0.2) is 59.8 Å². The fourth-order valence-electron chi connectivity index (χ4n) is 2.64. The number of carbonyl (C=O) groups excluding carboxylic acids is 1. The second kappa shape index (κ2) is 9.58. The summed E-state index contributed by atoms with van der Waals surface area (Å²) in [7, 11) is 0. The molecule has 1 amide bonds. The molecule has 0 spiro atoms. The fourth-order valence-corrected chi connectivity index (χ4v) is 3.61. The molecule has 0 saturated heterocycles. The second-order valence-electron chi connectivity index (χ2n) is 6.00. The van der Waals surface area contributed by atoms with E-state index in [2.05, 4.69) is 15.5 Å². The number of aromatic nitrogens is 3. The third-order valence-corrected chi connectivity index (χ3v) is 5.27. The molecule has 1 heterocycles. The van der Waals surface area contributed by atoms with Gasteiger partial charge in [-0.15, -0.1) is 10.2 Å². The van der Waals surface area contributed by atoms with Crippen LogP contribution in [0.2, 0.25) is 5.02 Å². The van der Waals surface area contributed by atoms with Crippen molar-refractivity contribution in [1.29, 1.82) is 0 Å². The van der Waals surface area contributed by atoms with Gasteiger partial charge in [0.05, 0.1) is 5.75 Å². The van der Waals surface area contributed by atoms with Gasteiger partial charge in [0.2, 0.25) is 5.91 Å². The Kier molecular flexibility index (Phi) is 6.90. The maximum absolute atomic E-state index is 12.1. The molecule has 27 heavy (non-hydrogen) atoms. The molecule has 1 aromatic heterocycles. The maximum atomic E-state index is 12.1. The molecule has 5 nitrogen and oxygen atoms in total. The summed E-state index contributed by atoms with van der Waals surface area (Å²) in [6.45, 7) is 3.33. The highest BCUT2D eigenvalue weighted by atomic mass is 35.5. The summed E-state index contributed by atoms with van der Waals surface area (Å²) in [5.41, 5.74) is 2.21. The highest BCUT2D eigenvalue weighted by Crippen LogP contribution is 2.19. The van der Waals surface area contributed by atoms with Crippen LogP contribution in [0.4, 0.5) is 0 Å². The molecule has 140 valence electrons. The van der Waals surface area contributed by atoms with Gasteiger partial charge in [-0.1, -0.05) is 65.8 Å². The zero-order chi connectivity index (χ0) is 19.1. The molecule has 3 aromatic rings. The van der Waals surface area contributed by atoms with Gasteiger partial charge in [-0.05, 0) is 30.2 Å². The minimum absolute atomic E-state index is 0.0197. The van der Waals surface area contributed by atoms with E-state index in [1.807, 2.05) is 66.1 Å². The smallest absolute Gasteiger partial charge is 0.230 e. The first kappa shape index (κ1) is 19.5. The topological polar surface area (TPSA) is 59.8 Å². The molecule has 0 atom stereocenters. The van der Waals surface area contributed by atoms with Crippen LogP contribution in [0.25, 0.3) is 0 Å². The molecule has 0 radical (unpaired) electrons. The summed E-state index contributed by atoms with van der Waals surface area (Å²) in [6.07, 6.45) is 0.679. The lowest BCUT2D eigenvalue weighted by Crippen LogP contribution is -2.24. The van der Waals surface area contributed by atoms with E-state index in [0.717, 1.165) is 28.7 Å². The standard InChI is InChI=1S/C20H21ClN4OS/c1-2-25-18(12-15-8-10-17(21)11-9-15)23-24-20(25)27-14-19(26)22-13-16-6-4-3-5-7-16/h3-11H,2,12-14H2,1H3,(H,22,26). The summed E-state index contributed by atoms with van der Waals surface area (Å²) in [5.74, 6) is 1.17. The van der Waals surface area contributed by atoms with Crippen molar-refractivity contribution in [1.82, 2.24) is 20.1 Å². The number of hydrogen-bond acceptors (Lipinski definition) is 4. The van der Waals surface area contributed by atoms with Crippen molar-refractivity contribution in [2.24, 2.45) is 0 Å². The number of thioether (sulfide) groups is 1. The Morgan fingerprint density at radius 1 is 1.07 bits per heavy atom. The zero-order valence-corrected chi connectivity index (χ0v) is 16.6. The van der Waals surface area contributed by atoms with Crippen LogP contribution >= 0.6 is 23.4 Å². The van der Waals surface area contributed by atoms with Crippen LogP contribution in [-0.2, 0) is 24.3 Å². The number of benzene rings is 2. The zero-order valence-electron chi connectivity index (χ0n) is 15.1. The highest BCUT2D eigenvalue weighted by molar-refractivity contribution is 7.99. The number of amides is 1. The molecule has 0 saturated carbocycles. The minimum atomic E-state index is -0.0197. The molecular formula is C20H21ClN4OS. The van der Waals surface area contributed by atoms with Gasteiger partial charge < -0.3 is 9.88 Å². The Balaban J connectivity index is 1.56. The molecule has 0 aliphatic heterocycles. The lowest BCUT2D eigenvalue weighted by molar-refractivity contribution is -0.118. The molecule has 0 aliphatic rings. The van der Waals surface area contributed by atoms with Crippen molar-refractivity contribution in [3.8, 4) is 0 Å². The maximum Gasteiger partial charge on any atom is 0.230 e. The Bertz CT molecular complexity index is 881. The molecule has 0 unspecified atom stereocenters. The average Bonchev–Trinajstić information content (AvgIpc) is 3.08. The van der Waals surface area contributed by atoms with Crippen LogP contribution in [-0.4, -0.2) is 26.4 Å². The van der Waals surface area contributed by atoms with Crippen molar-refractivity contribution < 1.29 is 4.79 Å². The van der Waals surface area contributed by atoms with E-state index in [0.29, 0.717) is 23.7 Å². The molecule has 1 N–H and O–H groups in total. The summed E-state index contributed by atoms with van der Waals surface area (Å²) < 4.78 is 2.05. The predicted octanol–water partition coefficient (Wildman–Crippen LogP) is 3.95. The second-order valence-corrected chi connectivity index (χ2v) is 7.38. The van der Waals surface area contributed by atoms with Crippen molar-refractivity contribution in [3.63, 3.8) is 0 Å². The van der Waals surface area contributed by atoms with Gasteiger partial charge in [0, 0.05) is 24.5 Å². The van der Waals surface area contributed by atoms with Gasteiger partial charge in [-0.3, -0.25) is 4.79 Å². The van der Waals surface area contributed by atoms with Gasteiger partial charge in [0.25, 0.3) is 0 Å². The van der Waals surface area contributed by atoms with E-state index >= 15 is 0 Å². The number of carbonyl (C=O) groups is 1. The normalized spacial score (nSPS) is 10.7. The Morgan fingerprint density at radius 2 is 1.81 bits per heavy atom. The molecule has 0 aliphatic carbocycles. The first-order chi connectivity index (χ1) is 13.2. The summed E-state index contributed by atoms with van der Waals surface area (Å²) in [5, 5.41) is 13.0. The van der Waals surface area contributed by atoms with E-state index < -0.39 is 0 Å². The number of rotatable bonds is 8. The lowest BCUT2D eigenvalue weighted by Gasteiger charge is -2.08. The molecule has 3 rings (SSSR count). The van der Waals surface area contributed by atoms with Crippen LogP contribution in [0.5, 0.6) is 0 Å².